The molecule has 1 aromatic rings. The second-order valence-corrected chi connectivity index (χ2v) is 8.38. The first kappa shape index (κ1) is 15.9. The number of halogens is 1. The Labute approximate surface area is 147 Å². The Morgan fingerprint density at radius 3 is 2.17 bits per heavy atom. The van der Waals surface area contributed by atoms with Gasteiger partial charge in [-0.2, -0.15) is 0 Å². The number of nitrogens with one attached hydrogen (secondary N) is 2. The fraction of sp³-hybridized carbons (Fsp3) is 0.579. The molecule has 0 heterocycles. The number of carbonyl (C=O) groups excluding carboxylic acids is 2. The number of benzene rings is 1. The van der Waals surface area contributed by atoms with Crippen molar-refractivity contribution in [2.75, 3.05) is 0 Å². The molecule has 1 aromatic carbocycles. The fourth-order valence-electron chi connectivity index (χ4n) is 5.51. The van der Waals surface area contributed by atoms with E-state index in [1.165, 1.54) is 19.3 Å². The Morgan fingerprint density at radius 2 is 1.58 bits per heavy atom. The van der Waals surface area contributed by atoms with Crippen LogP contribution in [-0.2, 0) is 16.0 Å². The van der Waals surface area contributed by atoms with Gasteiger partial charge in [0.25, 0.3) is 0 Å². The lowest BCUT2D eigenvalue weighted by Crippen LogP contribution is -2.56. The molecule has 4 aliphatic rings. The largest absolute Gasteiger partial charge is 0.273 e. The van der Waals surface area contributed by atoms with E-state index in [0.29, 0.717) is 22.8 Å². The molecule has 4 saturated carbocycles. The van der Waals surface area contributed by atoms with E-state index in [4.69, 9.17) is 11.6 Å². The van der Waals surface area contributed by atoms with Crippen molar-refractivity contribution < 1.29 is 9.59 Å². The molecule has 2 amide bonds. The molecule has 0 unspecified atom stereocenters. The molecular weight excluding hydrogens is 324 g/mol. The molecule has 4 aliphatic carbocycles. The summed E-state index contributed by atoms with van der Waals surface area (Å²) >= 11 is 6.07. The molecule has 0 aromatic heterocycles. The number of rotatable bonds is 3. The molecule has 24 heavy (non-hydrogen) atoms. The number of carbonyl (C=O) groups is 2. The summed E-state index contributed by atoms with van der Waals surface area (Å²) in [7, 11) is 0. The molecule has 0 aliphatic heterocycles. The van der Waals surface area contributed by atoms with Crippen molar-refractivity contribution in [2.24, 2.45) is 23.2 Å². The predicted octanol–water partition coefficient (Wildman–Crippen LogP) is 3.25. The van der Waals surface area contributed by atoms with Crippen molar-refractivity contribution in [3.8, 4) is 0 Å². The average molecular weight is 347 g/mol. The van der Waals surface area contributed by atoms with E-state index in [0.717, 1.165) is 24.8 Å². The Kier molecular flexibility index (Phi) is 4.03. The van der Waals surface area contributed by atoms with E-state index >= 15 is 0 Å². The normalized spacial score (nSPS) is 33.3. The number of hydrogen-bond acceptors (Lipinski definition) is 2. The maximum absolute atomic E-state index is 12.8. The lowest BCUT2D eigenvalue weighted by atomic mass is 9.49. The van der Waals surface area contributed by atoms with Gasteiger partial charge in [0.2, 0.25) is 11.8 Å². The maximum Gasteiger partial charge on any atom is 0.244 e. The highest BCUT2D eigenvalue weighted by Crippen LogP contribution is 2.59. The second kappa shape index (κ2) is 6.07. The smallest absolute Gasteiger partial charge is 0.244 e. The highest BCUT2D eigenvalue weighted by molar-refractivity contribution is 6.31. The van der Waals surface area contributed by atoms with Crippen molar-refractivity contribution >= 4 is 23.4 Å². The molecule has 0 saturated heterocycles. The van der Waals surface area contributed by atoms with Crippen molar-refractivity contribution in [1.82, 2.24) is 10.9 Å². The molecular formula is C19H23ClN2O2. The molecule has 0 spiro atoms. The van der Waals surface area contributed by atoms with E-state index in [1.54, 1.807) is 6.07 Å². The molecule has 4 nitrogen and oxygen atoms in total. The molecule has 4 bridgehead atoms. The summed E-state index contributed by atoms with van der Waals surface area (Å²) in [5.74, 6) is 1.90. The average Bonchev–Trinajstić information content (AvgIpc) is 2.53. The Balaban J connectivity index is 1.35. The summed E-state index contributed by atoms with van der Waals surface area (Å²) in [6.45, 7) is 0. The molecule has 4 fully saturated rings. The number of hydrogen-bond donors (Lipinski definition) is 2. The first-order valence-corrected chi connectivity index (χ1v) is 9.24. The van der Waals surface area contributed by atoms with E-state index in [-0.39, 0.29) is 23.7 Å². The van der Waals surface area contributed by atoms with Crippen LogP contribution >= 0.6 is 11.6 Å². The van der Waals surface area contributed by atoms with E-state index in [1.807, 2.05) is 18.2 Å². The minimum atomic E-state index is -0.244. The van der Waals surface area contributed by atoms with Gasteiger partial charge >= 0.3 is 0 Å². The van der Waals surface area contributed by atoms with Crippen LogP contribution in [0.3, 0.4) is 0 Å². The van der Waals surface area contributed by atoms with Gasteiger partial charge in [-0.25, -0.2) is 0 Å². The summed E-state index contributed by atoms with van der Waals surface area (Å²) < 4.78 is 0. The van der Waals surface area contributed by atoms with Crippen LogP contribution in [0.25, 0.3) is 0 Å². The zero-order chi connectivity index (χ0) is 16.7. The first-order valence-electron chi connectivity index (χ1n) is 8.87. The topological polar surface area (TPSA) is 58.2 Å². The van der Waals surface area contributed by atoms with E-state index < -0.39 is 0 Å². The summed E-state index contributed by atoms with van der Waals surface area (Å²) in [6.07, 6.45) is 7.03. The second-order valence-electron chi connectivity index (χ2n) is 7.97. The van der Waals surface area contributed by atoms with Crippen molar-refractivity contribution in [3.05, 3.63) is 34.9 Å². The summed E-state index contributed by atoms with van der Waals surface area (Å²) in [5, 5.41) is 0.570. The van der Waals surface area contributed by atoms with Gasteiger partial charge in [0, 0.05) is 5.02 Å². The first-order chi connectivity index (χ1) is 11.5. The van der Waals surface area contributed by atoms with Gasteiger partial charge in [0.05, 0.1) is 11.8 Å². The fourth-order valence-corrected chi connectivity index (χ4v) is 5.71. The standard InChI is InChI=1S/C19H23ClN2O2/c20-16-4-2-1-3-15(16)8-17(23)21-22-18(24)19-9-12-5-13(10-19)7-14(6-12)11-19/h1-4,12-14H,5-11H2,(H,21,23)(H,22,24). The quantitative estimate of drug-likeness (QED) is 0.825. The van der Waals surface area contributed by atoms with Crippen molar-refractivity contribution in [2.45, 2.75) is 44.9 Å². The van der Waals surface area contributed by atoms with Crippen LogP contribution in [0.5, 0.6) is 0 Å². The van der Waals surface area contributed by atoms with E-state index in [2.05, 4.69) is 10.9 Å². The highest BCUT2D eigenvalue weighted by atomic mass is 35.5. The number of hydrazine groups is 1. The van der Waals surface area contributed by atoms with Crippen LogP contribution in [0.2, 0.25) is 5.02 Å². The Hall–Kier alpha value is -1.55. The minimum absolute atomic E-state index is 0.00843. The Morgan fingerprint density at radius 1 is 1.00 bits per heavy atom. The van der Waals surface area contributed by atoms with Crippen LogP contribution in [-0.4, -0.2) is 11.8 Å². The SMILES string of the molecule is O=C(Cc1ccccc1Cl)NNC(=O)C12CC3CC(CC(C3)C1)C2. The van der Waals surface area contributed by atoms with Gasteiger partial charge in [-0.05, 0) is 67.9 Å². The third kappa shape index (κ3) is 2.92. The Bertz CT molecular complexity index is 638. The highest BCUT2D eigenvalue weighted by Gasteiger charge is 2.54. The molecule has 5 heteroatoms. The van der Waals surface area contributed by atoms with Gasteiger partial charge < -0.3 is 0 Å². The lowest BCUT2D eigenvalue weighted by molar-refractivity contribution is -0.148. The molecule has 5 rings (SSSR count). The predicted molar refractivity (Wildman–Crippen MR) is 92.0 cm³/mol. The van der Waals surface area contributed by atoms with Crippen LogP contribution in [0, 0.1) is 23.2 Å². The lowest BCUT2D eigenvalue weighted by Gasteiger charge is -2.55. The maximum atomic E-state index is 12.8. The van der Waals surface area contributed by atoms with E-state index in [9.17, 15) is 9.59 Å². The van der Waals surface area contributed by atoms with Gasteiger partial charge in [-0.1, -0.05) is 29.8 Å². The molecule has 128 valence electrons. The third-order valence-electron chi connectivity index (χ3n) is 6.14. The van der Waals surface area contributed by atoms with Gasteiger partial charge in [-0.15, -0.1) is 0 Å². The van der Waals surface area contributed by atoms with Crippen LogP contribution in [0.1, 0.15) is 44.1 Å². The van der Waals surface area contributed by atoms with Crippen LogP contribution in [0.15, 0.2) is 24.3 Å². The van der Waals surface area contributed by atoms with Gasteiger partial charge in [-0.3, -0.25) is 20.4 Å². The molecule has 0 radical (unpaired) electrons. The monoisotopic (exact) mass is 346 g/mol. The van der Waals surface area contributed by atoms with Crippen molar-refractivity contribution in [3.63, 3.8) is 0 Å². The van der Waals surface area contributed by atoms with Crippen molar-refractivity contribution in [1.29, 1.82) is 0 Å². The minimum Gasteiger partial charge on any atom is -0.273 e. The van der Waals surface area contributed by atoms with Crippen LogP contribution in [0.4, 0.5) is 0 Å². The zero-order valence-electron chi connectivity index (χ0n) is 13.7. The summed E-state index contributed by atoms with van der Waals surface area (Å²) in [5.41, 5.74) is 5.80. The third-order valence-corrected chi connectivity index (χ3v) is 6.51. The molecule has 2 N–H and O–H groups in total. The zero-order valence-corrected chi connectivity index (χ0v) is 14.4. The number of amides is 2. The summed E-state index contributed by atoms with van der Waals surface area (Å²) in [6, 6.07) is 7.27. The van der Waals surface area contributed by atoms with Crippen LogP contribution < -0.4 is 10.9 Å². The van der Waals surface area contributed by atoms with Gasteiger partial charge in [0.15, 0.2) is 0 Å². The van der Waals surface area contributed by atoms with Gasteiger partial charge in [0.1, 0.15) is 0 Å². The summed E-state index contributed by atoms with van der Waals surface area (Å²) in [4.78, 5) is 24.9. The molecule has 0 atom stereocenters.